The molecule has 1 fully saturated rings. The van der Waals surface area contributed by atoms with E-state index in [1.165, 1.54) is 11.3 Å². The van der Waals surface area contributed by atoms with E-state index in [9.17, 15) is 4.79 Å². The number of nitrogens with one attached hydrogen (secondary N) is 2. The molecule has 0 saturated carbocycles. The molecule has 2 aromatic rings. The molecule has 4 rings (SSSR count). The van der Waals surface area contributed by atoms with E-state index in [-0.39, 0.29) is 25.1 Å². The number of halogens is 1. The fourth-order valence-electron chi connectivity index (χ4n) is 3.07. The second-order valence-electron chi connectivity index (χ2n) is 6.30. The molecule has 2 aliphatic rings. The van der Waals surface area contributed by atoms with Gasteiger partial charge in [-0.3, -0.25) is 4.79 Å². The quantitative estimate of drug-likeness (QED) is 0.709. The molecule has 2 aliphatic heterocycles. The Balaban J connectivity index is 0.00000210. The summed E-state index contributed by atoms with van der Waals surface area (Å²) in [7, 11) is 0. The van der Waals surface area contributed by atoms with Gasteiger partial charge in [0.1, 0.15) is 9.88 Å². The van der Waals surface area contributed by atoms with Crippen molar-refractivity contribution in [1.82, 2.24) is 20.5 Å². The third-order valence-electron chi connectivity index (χ3n) is 4.50. The summed E-state index contributed by atoms with van der Waals surface area (Å²) in [6, 6.07) is 5.70. The molecular formula is C18H23ClN4O3S. The molecule has 2 N–H and O–H groups in total. The zero-order chi connectivity index (χ0) is 17.8. The van der Waals surface area contributed by atoms with Crippen LogP contribution in [0.4, 0.5) is 0 Å². The number of aromatic nitrogens is 1. The summed E-state index contributed by atoms with van der Waals surface area (Å²) in [5.74, 6) is 1.40. The lowest BCUT2D eigenvalue weighted by Crippen LogP contribution is -2.44. The monoisotopic (exact) mass is 410 g/mol. The second-order valence-corrected chi connectivity index (χ2v) is 7.33. The molecule has 9 heteroatoms. The van der Waals surface area contributed by atoms with E-state index >= 15 is 0 Å². The number of hydrogen-bond acceptors (Lipinski definition) is 7. The maximum absolute atomic E-state index is 12.3. The van der Waals surface area contributed by atoms with Gasteiger partial charge < -0.3 is 25.0 Å². The molecule has 0 atom stereocenters. The van der Waals surface area contributed by atoms with Gasteiger partial charge in [-0.15, -0.1) is 23.7 Å². The summed E-state index contributed by atoms with van der Waals surface area (Å²) in [6.45, 7) is 6.22. The first-order valence-electron chi connectivity index (χ1n) is 8.87. The maximum Gasteiger partial charge on any atom is 0.263 e. The number of amides is 1. The minimum absolute atomic E-state index is 0. The Morgan fingerprint density at radius 1 is 1.26 bits per heavy atom. The standard InChI is InChI=1S/C18H22N4O3S.ClH/c23-17(20-4-1-7-22-8-5-19-6-9-22)16-11-21-18(26-16)13-2-3-14-15(10-13)25-12-24-14;/h2-3,10-11,19H,1,4-9,12H2,(H,20,23);1H. The van der Waals surface area contributed by atoms with Crippen molar-refractivity contribution in [2.75, 3.05) is 46.1 Å². The molecule has 1 aromatic carbocycles. The molecule has 7 nitrogen and oxygen atoms in total. The Hall–Kier alpha value is -1.87. The predicted molar refractivity (Wildman–Crippen MR) is 107 cm³/mol. The van der Waals surface area contributed by atoms with Crippen LogP contribution >= 0.6 is 23.7 Å². The van der Waals surface area contributed by atoms with E-state index in [0.717, 1.165) is 61.2 Å². The Labute approximate surface area is 168 Å². The highest BCUT2D eigenvalue weighted by atomic mass is 35.5. The van der Waals surface area contributed by atoms with Crippen LogP contribution in [0.1, 0.15) is 16.1 Å². The van der Waals surface area contributed by atoms with E-state index in [1.54, 1.807) is 6.20 Å². The minimum Gasteiger partial charge on any atom is -0.454 e. The van der Waals surface area contributed by atoms with E-state index in [2.05, 4.69) is 20.5 Å². The number of carbonyl (C=O) groups excluding carboxylic acids is 1. The summed E-state index contributed by atoms with van der Waals surface area (Å²) in [5, 5.41) is 7.13. The number of ether oxygens (including phenoxy) is 2. The summed E-state index contributed by atoms with van der Waals surface area (Å²) >= 11 is 1.39. The van der Waals surface area contributed by atoms with Crippen LogP contribution in [-0.2, 0) is 0 Å². The van der Waals surface area contributed by atoms with Gasteiger partial charge in [0.25, 0.3) is 5.91 Å². The molecule has 3 heterocycles. The Bertz CT molecular complexity index is 780. The highest BCUT2D eigenvalue weighted by Gasteiger charge is 2.17. The van der Waals surface area contributed by atoms with Crippen molar-refractivity contribution in [2.24, 2.45) is 0 Å². The first kappa shape index (κ1) is 19.9. The molecule has 1 saturated heterocycles. The summed E-state index contributed by atoms with van der Waals surface area (Å²) in [6.07, 6.45) is 2.59. The van der Waals surface area contributed by atoms with Crippen LogP contribution in [-0.4, -0.2) is 61.9 Å². The lowest BCUT2D eigenvalue weighted by atomic mass is 10.2. The van der Waals surface area contributed by atoms with Gasteiger partial charge in [-0.05, 0) is 31.2 Å². The van der Waals surface area contributed by atoms with Crippen LogP contribution in [0.2, 0.25) is 0 Å². The topological polar surface area (TPSA) is 75.7 Å². The lowest BCUT2D eigenvalue weighted by Gasteiger charge is -2.26. The van der Waals surface area contributed by atoms with Crippen molar-refractivity contribution in [3.8, 4) is 22.1 Å². The second kappa shape index (κ2) is 9.36. The van der Waals surface area contributed by atoms with Gasteiger partial charge in [-0.2, -0.15) is 0 Å². The maximum atomic E-state index is 12.3. The minimum atomic E-state index is -0.0604. The number of hydrogen-bond donors (Lipinski definition) is 2. The molecule has 0 aliphatic carbocycles. The normalized spacial score (nSPS) is 16.0. The molecular weight excluding hydrogens is 388 g/mol. The fourth-order valence-corrected chi connectivity index (χ4v) is 3.90. The largest absolute Gasteiger partial charge is 0.454 e. The number of piperazine rings is 1. The summed E-state index contributed by atoms with van der Waals surface area (Å²) in [4.78, 5) is 19.7. The zero-order valence-electron chi connectivity index (χ0n) is 14.9. The van der Waals surface area contributed by atoms with E-state index in [4.69, 9.17) is 9.47 Å². The van der Waals surface area contributed by atoms with Crippen molar-refractivity contribution in [3.63, 3.8) is 0 Å². The highest BCUT2D eigenvalue weighted by molar-refractivity contribution is 7.16. The van der Waals surface area contributed by atoms with Gasteiger partial charge >= 0.3 is 0 Å². The van der Waals surface area contributed by atoms with Crippen LogP contribution in [0.3, 0.4) is 0 Å². The van der Waals surface area contributed by atoms with Gasteiger partial charge in [0.05, 0.1) is 6.20 Å². The van der Waals surface area contributed by atoms with Crippen LogP contribution in [0.15, 0.2) is 24.4 Å². The molecule has 0 radical (unpaired) electrons. The fraction of sp³-hybridized carbons (Fsp3) is 0.444. The third-order valence-corrected chi connectivity index (χ3v) is 5.54. The molecule has 27 heavy (non-hydrogen) atoms. The van der Waals surface area contributed by atoms with Crippen LogP contribution in [0, 0.1) is 0 Å². The van der Waals surface area contributed by atoms with E-state index < -0.39 is 0 Å². The zero-order valence-corrected chi connectivity index (χ0v) is 16.5. The number of carbonyl (C=O) groups is 1. The van der Waals surface area contributed by atoms with Crippen molar-refractivity contribution in [3.05, 3.63) is 29.3 Å². The first-order chi connectivity index (χ1) is 12.8. The number of rotatable bonds is 6. The molecule has 0 unspecified atom stereocenters. The number of fused-ring (bicyclic) bond motifs is 1. The Morgan fingerprint density at radius 2 is 2.07 bits per heavy atom. The van der Waals surface area contributed by atoms with Gasteiger partial charge in [0.15, 0.2) is 11.5 Å². The van der Waals surface area contributed by atoms with Crippen LogP contribution < -0.4 is 20.1 Å². The van der Waals surface area contributed by atoms with Crippen molar-refractivity contribution < 1.29 is 14.3 Å². The predicted octanol–water partition coefficient (Wildman–Crippen LogP) is 1.99. The summed E-state index contributed by atoms with van der Waals surface area (Å²) < 4.78 is 10.7. The lowest BCUT2D eigenvalue weighted by molar-refractivity contribution is 0.0955. The molecule has 0 bridgehead atoms. The van der Waals surface area contributed by atoms with Gasteiger partial charge in [0, 0.05) is 38.3 Å². The van der Waals surface area contributed by atoms with Crippen LogP contribution in [0.5, 0.6) is 11.5 Å². The van der Waals surface area contributed by atoms with Crippen LogP contribution in [0.25, 0.3) is 10.6 Å². The van der Waals surface area contributed by atoms with E-state index in [1.807, 2.05) is 18.2 Å². The average molecular weight is 411 g/mol. The van der Waals surface area contributed by atoms with Gasteiger partial charge in [-0.1, -0.05) is 0 Å². The first-order valence-corrected chi connectivity index (χ1v) is 9.68. The number of benzene rings is 1. The number of nitrogens with zero attached hydrogens (tertiary/aromatic N) is 2. The SMILES string of the molecule is Cl.O=C(NCCCN1CCNCC1)c1cnc(-c2ccc3c(c2)OCO3)s1. The third kappa shape index (κ3) is 4.90. The Kier molecular flexibility index (Phi) is 6.89. The van der Waals surface area contributed by atoms with Gasteiger partial charge in [0.2, 0.25) is 6.79 Å². The summed E-state index contributed by atoms with van der Waals surface area (Å²) in [5.41, 5.74) is 0.928. The molecule has 1 aromatic heterocycles. The molecule has 0 spiro atoms. The number of thiazole rings is 1. The molecule has 1 amide bonds. The molecule has 146 valence electrons. The average Bonchev–Trinajstić information content (AvgIpc) is 3.34. The van der Waals surface area contributed by atoms with Crippen molar-refractivity contribution in [1.29, 1.82) is 0 Å². The van der Waals surface area contributed by atoms with Crippen molar-refractivity contribution in [2.45, 2.75) is 6.42 Å². The van der Waals surface area contributed by atoms with E-state index in [0.29, 0.717) is 11.4 Å². The van der Waals surface area contributed by atoms with Gasteiger partial charge in [-0.25, -0.2) is 4.98 Å². The Morgan fingerprint density at radius 3 is 2.93 bits per heavy atom. The smallest absolute Gasteiger partial charge is 0.263 e. The van der Waals surface area contributed by atoms with Crippen molar-refractivity contribution >= 4 is 29.7 Å². The highest BCUT2D eigenvalue weighted by Crippen LogP contribution is 2.36.